The van der Waals surface area contributed by atoms with Crippen molar-refractivity contribution in [3.8, 4) is 11.5 Å². The van der Waals surface area contributed by atoms with E-state index in [1.54, 1.807) is 18.2 Å². The molecule has 2 N–H and O–H groups in total. The van der Waals surface area contributed by atoms with E-state index in [1.165, 1.54) is 26.4 Å². The third-order valence-corrected chi connectivity index (χ3v) is 4.21. The van der Waals surface area contributed by atoms with Crippen LogP contribution in [0.15, 0.2) is 36.4 Å². The van der Waals surface area contributed by atoms with Crippen LogP contribution in [0.3, 0.4) is 0 Å². The van der Waals surface area contributed by atoms with Crippen molar-refractivity contribution in [2.75, 3.05) is 14.2 Å². The van der Waals surface area contributed by atoms with Crippen LogP contribution in [0.25, 0.3) is 0 Å². The summed E-state index contributed by atoms with van der Waals surface area (Å²) in [5.41, 5.74) is 0.917. The van der Waals surface area contributed by atoms with Gasteiger partial charge in [0.05, 0.1) is 19.2 Å². The molecule has 0 aliphatic rings. The summed E-state index contributed by atoms with van der Waals surface area (Å²) < 4.78 is 23.7. The monoisotopic (exact) mass is 395 g/mol. The second-order valence-electron chi connectivity index (χ2n) is 5.70. The Bertz CT molecular complexity index is 843. The molecule has 1 amide bonds. The van der Waals surface area contributed by atoms with Gasteiger partial charge in [0.15, 0.2) is 17.6 Å². The molecule has 8 heteroatoms. The molecule has 144 valence electrons. The summed E-state index contributed by atoms with van der Waals surface area (Å²) in [6, 6.07) is 7.51. The van der Waals surface area contributed by atoms with Gasteiger partial charge in [-0.3, -0.25) is 4.79 Å². The standard InChI is InChI=1S/C19H19ClFNO5/c1-26-15-6-3-11(9-13(15)20)4-8-17(23)22-18(19(24)25)12-5-7-16(27-2)14(21)10-12/h3,5-7,9-10,18H,4,8H2,1-2H3,(H,22,23)(H,24,25). The minimum absolute atomic E-state index is 0.00870. The lowest BCUT2D eigenvalue weighted by atomic mass is 10.1. The van der Waals surface area contributed by atoms with Gasteiger partial charge < -0.3 is 19.9 Å². The number of aryl methyl sites for hydroxylation is 1. The highest BCUT2D eigenvalue weighted by atomic mass is 35.5. The fraction of sp³-hybridized carbons (Fsp3) is 0.263. The van der Waals surface area contributed by atoms with Gasteiger partial charge in [-0.1, -0.05) is 23.7 Å². The zero-order valence-corrected chi connectivity index (χ0v) is 15.5. The fourth-order valence-corrected chi connectivity index (χ4v) is 2.79. The first-order valence-corrected chi connectivity index (χ1v) is 8.41. The molecule has 2 aromatic rings. The smallest absolute Gasteiger partial charge is 0.330 e. The number of carbonyl (C=O) groups excluding carboxylic acids is 1. The highest BCUT2D eigenvalue weighted by Gasteiger charge is 2.23. The Labute approximate surface area is 160 Å². The van der Waals surface area contributed by atoms with E-state index in [0.29, 0.717) is 17.2 Å². The van der Waals surface area contributed by atoms with Gasteiger partial charge in [-0.15, -0.1) is 0 Å². The lowest BCUT2D eigenvalue weighted by Gasteiger charge is -2.16. The zero-order valence-electron chi connectivity index (χ0n) is 14.8. The molecule has 27 heavy (non-hydrogen) atoms. The van der Waals surface area contributed by atoms with Crippen LogP contribution < -0.4 is 14.8 Å². The number of ether oxygens (including phenoxy) is 2. The predicted molar refractivity (Wildman–Crippen MR) is 97.8 cm³/mol. The molecule has 0 spiro atoms. The predicted octanol–water partition coefficient (Wildman–Crippen LogP) is 3.37. The summed E-state index contributed by atoms with van der Waals surface area (Å²) in [5, 5.41) is 12.2. The Morgan fingerprint density at radius 2 is 1.81 bits per heavy atom. The Morgan fingerprint density at radius 1 is 1.15 bits per heavy atom. The Kier molecular flexibility index (Phi) is 7.01. The quantitative estimate of drug-likeness (QED) is 0.715. The van der Waals surface area contributed by atoms with E-state index in [0.717, 1.165) is 11.6 Å². The second-order valence-corrected chi connectivity index (χ2v) is 6.11. The van der Waals surface area contributed by atoms with E-state index in [-0.39, 0.29) is 17.7 Å². The molecule has 0 bridgehead atoms. The van der Waals surface area contributed by atoms with Gasteiger partial charge in [0.1, 0.15) is 5.75 Å². The number of carbonyl (C=O) groups is 2. The number of carboxylic acid groups (broad SMARTS) is 1. The highest BCUT2D eigenvalue weighted by Crippen LogP contribution is 2.26. The largest absolute Gasteiger partial charge is 0.495 e. The molecule has 0 heterocycles. The topological polar surface area (TPSA) is 84.9 Å². The Hall–Kier alpha value is -2.80. The molecular weight excluding hydrogens is 377 g/mol. The van der Waals surface area contributed by atoms with E-state index >= 15 is 0 Å². The first kappa shape index (κ1) is 20.5. The molecule has 0 saturated carbocycles. The lowest BCUT2D eigenvalue weighted by molar-refractivity contribution is -0.142. The summed E-state index contributed by atoms with van der Waals surface area (Å²) in [6.45, 7) is 0. The lowest BCUT2D eigenvalue weighted by Crippen LogP contribution is -2.34. The van der Waals surface area contributed by atoms with Crippen molar-refractivity contribution in [2.24, 2.45) is 0 Å². The van der Waals surface area contributed by atoms with E-state index in [9.17, 15) is 19.1 Å². The summed E-state index contributed by atoms with van der Waals surface area (Å²) in [4.78, 5) is 23.7. The highest BCUT2D eigenvalue weighted by molar-refractivity contribution is 6.32. The normalized spacial score (nSPS) is 11.6. The maximum atomic E-state index is 13.8. The van der Waals surface area contributed by atoms with E-state index < -0.39 is 23.7 Å². The number of hydrogen-bond acceptors (Lipinski definition) is 4. The molecule has 1 atom stereocenters. The molecule has 2 aromatic carbocycles. The first-order chi connectivity index (χ1) is 12.8. The van der Waals surface area contributed by atoms with Crippen LogP contribution in [0, 0.1) is 5.82 Å². The van der Waals surface area contributed by atoms with E-state index in [2.05, 4.69) is 5.32 Å². The van der Waals surface area contributed by atoms with Crippen LogP contribution >= 0.6 is 11.6 Å². The van der Waals surface area contributed by atoms with Crippen LogP contribution in [0.5, 0.6) is 11.5 Å². The van der Waals surface area contributed by atoms with Crippen molar-refractivity contribution < 1.29 is 28.6 Å². The van der Waals surface area contributed by atoms with Crippen molar-refractivity contribution in [2.45, 2.75) is 18.9 Å². The first-order valence-electron chi connectivity index (χ1n) is 8.03. The molecule has 0 aliphatic heterocycles. The molecule has 1 unspecified atom stereocenters. The van der Waals surface area contributed by atoms with Crippen LogP contribution in [-0.2, 0) is 16.0 Å². The minimum atomic E-state index is -1.36. The molecular formula is C19H19ClFNO5. The number of rotatable bonds is 8. The summed E-state index contributed by atoms with van der Waals surface area (Å²) >= 11 is 6.04. The summed E-state index contributed by atoms with van der Waals surface area (Å²) in [6.07, 6.45) is 0.407. The molecule has 0 saturated heterocycles. The van der Waals surface area contributed by atoms with E-state index in [1.807, 2.05) is 0 Å². The third-order valence-electron chi connectivity index (χ3n) is 3.92. The molecule has 0 aliphatic carbocycles. The number of halogens is 2. The fourth-order valence-electron chi connectivity index (χ4n) is 2.51. The summed E-state index contributed by atoms with van der Waals surface area (Å²) in [7, 11) is 2.81. The number of aliphatic carboxylic acids is 1. The van der Waals surface area contributed by atoms with Gasteiger partial charge in [0.2, 0.25) is 5.91 Å². The number of amides is 1. The van der Waals surface area contributed by atoms with Crippen molar-refractivity contribution in [3.63, 3.8) is 0 Å². The van der Waals surface area contributed by atoms with Crippen LogP contribution in [0.2, 0.25) is 5.02 Å². The van der Waals surface area contributed by atoms with Gasteiger partial charge in [0, 0.05) is 6.42 Å². The molecule has 0 aromatic heterocycles. The van der Waals surface area contributed by atoms with Gasteiger partial charge in [-0.05, 0) is 41.8 Å². The van der Waals surface area contributed by atoms with Crippen LogP contribution in [0.1, 0.15) is 23.6 Å². The number of hydrogen-bond donors (Lipinski definition) is 2. The Morgan fingerprint density at radius 3 is 2.37 bits per heavy atom. The Balaban J connectivity index is 2.04. The average molecular weight is 396 g/mol. The van der Waals surface area contributed by atoms with Crippen LogP contribution in [-0.4, -0.2) is 31.2 Å². The van der Waals surface area contributed by atoms with Gasteiger partial charge in [0.25, 0.3) is 0 Å². The number of nitrogens with one attached hydrogen (secondary N) is 1. The molecule has 6 nitrogen and oxygen atoms in total. The van der Waals surface area contributed by atoms with Crippen molar-refractivity contribution in [1.82, 2.24) is 5.32 Å². The number of benzene rings is 2. The molecule has 0 fully saturated rings. The van der Waals surface area contributed by atoms with Gasteiger partial charge in [-0.2, -0.15) is 0 Å². The number of methoxy groups -OCH3 is 2. The SMILES string of the molecule is COc1ccc(C(NC(=O)CCc2ccc(OC)c(Cl)c2)C(=O)O)cc1F. The van der Waals surface area contributed by atoms with Gasteiger partial charge >= 0.3 is 5.97 Å². The van der Waals surface area contributed by atoms with E-state index in [4.69, 9.17) is 21.1 Å². The second kappa shape index (κ2) is 9.23. The maximum absolute atomic E-state index is 13.8. The average Bonchev–Trinajstić information content (AvgIpc) is 2.64. The maximum Gasteiger partial charge on any atom is 0.330 e. The summed E-state index contributed by atoms with van der Waals surface area (Å²) in [5.74, 6) is -1.96. The zero-order chi connectivity index (χ0) is 20.0. The van der Waals surface area contributed by atoms with Crippen molar-refractivity contribution in [1.29, 1.82) is 0 Å². The van der Waals surface area contributed by atoms with Crippen molar-refractivity contribution >= 4 is 23.5 Å². The molecule has 2 rings (SSSR count). The third kappa shape index (κ3) is 5.34. The minimum Gasteiger partial charge on any atom is -0.495 e. The molecule has 0 radical (unpaired) electrons. The number of carboxylic acids is 1. The van der Waals surface area contributed by atoms with Crippen molar-refractivity contribution in [3.05, 3.63) is 58.4 Å². The van der Waals surface area contributed by atoms with Gasteiger partial charge in [-0.25, -0.2) is 9.18 Å². The van der Waals surface area contributed by atoms with Crippen LogP contribution in [0.4, 0.5) is 4.39 Å².